The number of fused-ring (bicyclic) bond motifs is 1. The molecule has 3 amide bonds. The normalized spacial score (nSPS) is 21.2. The molecular formula is C36H39F7N4O5S. The topological polar surface area (TPSA) is 103 Å². The van der Waals surface area contributed by atoms with Gasteiger partial charge in [0.25, 0.3) is 17.7 Å². The van der Waals surface area contributed by atoms with Crippen molar-refractivity contribution in [3.05, 3.63) is 81.1 Å². The highest BCUT2D eigenvalue weighted by Crippen LogP contribution is 2.43. The van der Waals surface area contributed by atoms with Gasteiger partial charge in [0.05, 0.1) is 11.6 Å². The highest BCUT2D eigenvalue weighted by Gasteiger charge is 2.57. The molecule has 2 aliphatic heterocycles. The fraction of sp³-hybridized carbons (Fsp3) is 0.500. The maximum absolute atomic E-state index is 15.3. The third-order valence-corrected chi connectivity index (χ3v) is 10.7. The molecule has 3 aromatic rings. The molecule has 1 saturated heterocycles. The highest BCUT2D eigenvalue weighted by molar-refractivity contribution is 7.10. The Morgan fingerprint density at radius 1 is 1.08 bits per heavy atom. The number of nitrogens with zero attached hydrogens (tertiary/aromatic N) is 4. The second kappa shape index (κ2) is 15.6. The SMILES string of the molecule is CCC[C@H]1N(C(=O)c2ncccc2C(F)(F)F)CCC[C@@]1(Oc1csc(C(F)(F)F)c1)C(=O)N1Cc2ccc(F)cc2C[C@@H]1CCN(C)C(=O)[C@@H](C)O. The fourth-order valence-electron chi connectivity index (χ4n) is 7.20. The van der Waals surface area contributed by atoms with Crippen LogP contribution in [0.25, 0.3) is 0 Å². The van der Waals surface area contributed by atoms with Crippen LogP contribution in [0.3, 0.4) is 0 Å². The summed E-state index contributed by atoms with van der Waals surface area (Å²) in [6.45, 7) is 2.89. The van der Waals surface area contributed by atoms with Gasteiger partial charge in [0.15, 0.2) is 0 Å². The molecule has 288 valence electrons. The van der Waals surface area contributed by atoms with Gasteiger partial charge in [-0.3, -0.25) is 19.4 Å². The third kappa shape index (κ3) is 8.45. The second-order valence-electron chi connectivity index (χ2n) is 13.4. The van der Waals surface area contributed by atoms with E-state index in [-0.39, 0.29) is 57.5 Å². The Morgan fingerprint density at radius 2 is 1.81 bits per heavy atom. The average molecular weight is 773 g/mol. The van der Waals surface area contributed by atoms with Gasteiger partial charge >= 0.3 is 12.4 Å². The Hall–Kier alpha value is -4.25. The summed E-state index contributed by atoms with van der Waals surface area (Å²) in [6, 6.07) is 4.58. The number of aliphatic hydroxyl groups excluding tert-OH is 1. The molecule has 0 saturated carbocycles. The summed E-state index contributed by atoms with van der Waals surface area (Å²) >= 11 is 0.339. The smallest absolute Gasteiger partial charge is 0.425 e. The molecule has 4 heterocycles. The number of hydrogen-bond donors (Lipinski definition) is 1. The number of carbonyl (C=O) groups excluding carboxylic acids is 3. The zero-order valence-corrected chi connectivity index (χ0v) is 30.0. The number of amides is 3. The molecule has 4 atom stereocenters. The Balaban J connectivity index is 1.63. The van der Waals surface area contributed by atoms with Gasteiger partial charge in [-0.25, -0.2) is 4.39 Å². The standard InChI is InChI=1S/C36H39F7N4O5S/c1-4-7-28-34(52-26-18-29(53-20-26)36(41,42)43,12-6-14-46(28)32(50)30-27(35(38,39)40)8-5-13-44-30)33(51)47-19-22-9-10-24(37)16-23(22)17-25(47)11-15-45(3)31(49)21(2)48/h5,8-10,13,16,18,20-21,25,28,48H,4,6-7,11-12,14-15,17,19H2,1-3H3/t21-,25+,28-,34+/m1/s1. The van der Waals surface area contributed by atoms with Crippen molar-refractivity contribution in [2.75, 3.05) is 20.1 Å². The summed E-state index contributed by atoms with van der Waals surface area (Å²) in [6.07, 6.45) is -9.44. The van der Waals surface area contributed by atoms with Gasteiger partial charge in [-0.05, 0) is 68.0 Å². The molecular weight excluding hydrogens is 733 g/mol. The summed E-state index contributed by atoms with van der Waals surface area (Å²) in [4.78, 5) is 48.5. The first-order valence-corrected chi connectivity index (χ1v) is 17.9. The van der Waals surface area contributed by atoms with E-state index in [0.717, 1.165) is 34.7 Å². The van der Waals surface area contributed by atoms with Crippen LogP contribution in [0.1, 0.15) is 78.0 Å². The Kier molecular flexibility index (Phi) is 11.8. The minimum Gasteiger partial charge on any atom is -0.474 e. The van der Waals surface area contributed by atoms with Gasteiger partial charge in [0.1, 0.15) is 28.2 Å². The Morgan fingerprint density at radius 3 is 2.45 bits per heavy atom. The van der Waals surface area contributed by atoms with Gasteiger partial charge in [-0.15, -0.1) is 11.3 Å². The predicted octanol–water partition coefficient (Wildman–Crippen LogP) is 6.73. The lowest BCUT2D eigenvalue weighted by Gasteiger charge is -2.51. The van der Waals surface area contributed by atoms with E-state index in [1.165, 1.54) is 42.0 Å². The molecule has 53 heavy (non-hydrogen) atoms. The number of halogens is 7. The maximum atomic E-state index is 15.3. The maximum Gasteiger partial charge on any atom is 0.425 e. The predicted molar refractivity (Wildman–Crippen MR) is 179 cm³/mol. The number of hydrogen-bond acceptors (Lipinski definition) is 7. The molecule has 0 spiro atoms. The molecule has 0 unspecified atom stereocenters. The van der Waals surface area contributed by atoms with Crippen molar-refractivity contribution < 1.29 is 55.0 Å². The summed E-state index contributed by atoms with van der Waals surface area (Å²) < 4.78 is 104. The van der Waals surface area contributed by atoms with E-state index in [2.05, 4.69) is 4.98 Å². The van der Waals surface area contributed by atoms with Crippen molar-refractivity contribution in [2.24, 2.45) is 0 Å². The number of aliphatic hydroxyl groups is 1. The van der Waals surface area contributed by atoms with E-state index in [1.54, 1.807) is 6.92 Å². The number of benzene rings is 1. The molecule has 9 nitrogen and oxygen atoms in total. The number of alkyl halides is 6. The highest BCUT2D eigenvalue weighted by atomic mass is 32.1. The van der Waals surface area contributed by atoms with E-state index in [4.69, 9.17) is 4.74 Å². The molecule has 5 rings (SSSR count). The molecule has 1 aromatic carbocycles. The van der Waals surface area contributed by atoms with Crippen LogP contribution in [0.2, 0.25) is 0 Å². The van der Waals surface area contributed by atoms with Crippen LogP contribution in [0.4, 0.5) is 30.7 Å². The van der Waals surface area contributed by atoms with Gasteiger partial charge in [0, 0.05) is 56.8 Å². The third-order valence-electron chi connectivity index (χ3n) is 9.71. The number of likely N-dealkylation sites (N-methyl/N-ethyl adjacent to an activating group) is 1. The number of likely N-dealkylation sites (tertiary alicyclic amines) is 1. The zero-order chi connectivity index (χ0) is 38.9. The van der Waals surface area contributed by atoms with Crippen LogP contribution in [-0.4, -0.2) is 86.4 Å². The fourth-order valence-corrected chi connectivity index (χ4v) is 7.88. The van der Waals surface area contributed by atoms with Crippen LogP contribution >= 0.6 is 11.3 Å². The quantitative estimate of drug-likeness (QED) is 0.230. The number of carbonyl (C=O) groups is 3. The van der Waals surface area contributed by atoms with Crippen molar-refractivity contribution in [2.45, 2.75) is 95.1 Å². The van der Waals surface area contributed by atoms with Crippen molar-refractivity contribution in [1.82, 2.24) is 19.7 Å². The van der Waals surface area contributed by atoms with Crippen molar-refractivity contribution in [3.8, 4) is 5.75 Å². The molecule has 0 bridgehead atoms. The zero-order valence-electron chi connectivity index (χ0n) is 29.1. The summed E-state index contributed by atoms with van der Waals surface area (Å²) in [5.74, 6) is -3.25. The molecule has 0 aliphatic carbocycles. The number of pyridine rings is 1. The Labute approximate surface area is 305 Å². The number of ether oxygens (including phenoxy) is 1. The minimum absolute atomic E-state index is 0.0217. The number of aromatic nitrogens is 1. The van der Waals surface area contributed by atoms with Crippen LogP contribution < -0.4 is 4.74 Å². The molecule has 2 aliphatic rings. The molecule has 1 fully saturated rings. The van der Waals surface area contributed by atoms with E-state index in [0.29, 0.717) is 28.9 Å². The first kappa shape index (κ1) is 39.9. The van der Waals surface area contributed by atoms with Gasteiger partial charge in [-0.1, -0.05) is 19.4 Å². The van der Waals surface area contributed by atoms with Crippen LogP contribution in [-0.2, 0) is 34.9 Å². The summed E-state index contributed by atoms with van der Waals surface area (Å²) in [5.41, 5.74) is -3.10. The lowest BCUT2D eigenvalue weighted by atomic mass is 9.78. The number of rotatable bonds is 10. The molecule has 0 radical (unpaired) electrons. The molecule has 2 aromatic heterocycles. The lowest BCUT2D eigenvalue weighted by Crippen LogP contribution is -2.69. The number of piperidine rings is 1. The molecule has 1 N–H and O–H groups in total. The van der Waals surface area contributed by atoms with Crippen LogP contribution in [0.15, 0.2) is 48.0 Å². The van der Waals surface area contributed by atoms with E-state index in [9.17, 15) is 45.4 Å². The monoisotopic (exact) mass is 772 g/mol. The Bertz CT molecular complexity index is 1820. The number of thiophene rings is 1. The first-order valence-electron chi connectivity index (χ1n) is 17.1. The lowest BCUT2D eigenvalue weighted by molar-refractivity contribution is -0.163. The van der Waals surface area contributed by atoms with E-state index in [1.807, 2.05) is 0 Å². The van der Waals surface area contributed by atoms with Crippen molar-refractivity contribution >= 4 is 29.1 Å². The van der Waals surface area contributed by atoms with Crippen LogP contribution in [0.5, 0.6) is 5.75 Å². The van der Waals surface area contributed by atoms with Gasteiger partial charge in [0.2, 0.25) is 5.60 Å². The van der Waals surface area contributed by atoms with Gasteiger partial charge < -0.3 is 24.5 Å². The van der Waals surface area contributed by atoms with E-state index < -0.39 is 75.8 Å². The van der Waals surface area contributed by atoms with Gasteiger partial charge in [-0.2, -0.15) is 26.3 Å². The largest absolute Gasteiger partial charge is 0.474 e. The van der Waals surface area contributed by atoms with E-state index >= 15 is 4.79 Å². The molecule has 17 heteroatoms. The average Bonchev–Trinajstić information content (AvgIpc) is 3.58. The van der Waals surface area contributed by atoms with Crippen molar-refractivity contribution in [1.29, 1.82) is 0 Å². The minimum atomic E-state index is -4.94. The first-order chi connectivity index (χ1) is 24.9. The summed E-state index contributed by atoms with van der Waals surface area (Å²) in [5, 5.41) is 10.9. The summed E-state index contributed by atoms with van der Waals surface area (Å²) in [7, 11) is 1.46. The van der Waals surface area contributed by atoms with Crippen LogP contribution in [0, 0.1) is 5.82 Å². The second-order valence-corrected chi connectivity index (χ2v) is 14.3. The van der Waals surface area contributed by atoms with Crippen molar-refractivity contribution in [3.63, 3.8) is 0 Å².